The molecule has 0 aromatic carbocycles. The van der Waals surface area contributed by atoms with E-state index in [4.69, 9.17) is 5.84 Å². The molecule has 0 unspecified atom stereocenters. The van der Waals surface area contributed by atoms with Crippen LogP contribution in [0.2, 0.25) is 0 Å². The Morgan fingerprint density at radius 1 is 1.29 bits per heavy atom. The lowest BCUT2D eigenvalue weighted by Gasteiger charge is -2.30. The van der Waals surface area contributed by atoms with Crippen LogP contribution < -0.4 is 5.84 Å². The quantitative estimate of drug-likeness (QED) is 0.659. The summed E-state index contributed by atoms with van der Waals surface area (Å²) in [6, 6.07) is -0.000773. The second kappa shape index (κ2) is 6.54. The molecule has 0 radical (unpaired) electrons. The van der Waals surface area contributed by atoms with Crippen LogP contribution in [0.1, 0.15) is 33.5 Å². The fraction of sp³-hybridized carbons (Fsp3) is 0.727. The van der Waals surface area contributed by atoms with Crippen molar-refractivity contribution >= 4 is 17.7 Å². The summed E-state index contributed by atoms with van der Waals surface area (Å²) in [6.07, 6.45) is -4.67. The van der Waals surface area contributed by atoms with Crippen LogP contribution in [-0.2, 0) is 11.0 Å². The van der Waals surface area contributed by atoms with Gasteiger partial charge in [-0.3, -0.25) is 4.79 Å². The number of hydrogen-bond donors (Lipinski definition) is 1. The van der Waals surface area contributed by atoms with Crippen LogP contribution in [0.15, 0.2) is 5.16 Å². The molecule has 2 N–H and O–H groups in total. The molecule has 1 rings (SSSR count). The Balaban J connectivity index is 2.76. The largest absolute Gasteiger partial charge is 0.453 e. The zero-order valence-corrected chi connectivity index (χ0v) is 13.0. The number of hydrogen-bond acceptors (Lipinski definition) is 5. The third kappa shape index (κ3) is 4.26. The highest BCUT2D eigenvalue weighted by molar-refractivity contribution is 7.99. The van der Waals surface area contributed by atoms with Crippen molar-refractivity contribution in [1.82, 2.24) is 19.8 Å². The minimum absolute atomic E-state index is 0.000387. The molecule has 0 spiro atoms. The number of nitrogens with zero attached hydrogens (tertiary/aromatic N) is 4. The number of carbonyl (C=O) groups is 1. The molecular weight excluding hydrogens is 307 g/mol. The molecule has 21 heavy (non-hydrogen) atoms. The van der Waals surface area contributed by atoms with E-state index < -0.39 is 12.0 Å². The predicted octanol–water partition coefficient (Wildman–Crippen LogP) is 1.75. The van der Waals surface area contributed by atoms with Crippen LogP contribution in [0.5, 0.6) is 0 Å². The summed E-state index contributed by atoms with van der Waals surface area (Å²) in [5.74, 6) is 3.76. The van der Waals surface area contributed by atoms with Gasteiger partial charge in [-0.1, -0.05) is 11.8 Å². The molecule has 0 aliphatic rings. The van der Waals surface area contributed by atoms with Crippen LogP contribution in [0.3, 0.4) is 0 Å². The summed E-state index contributed by atoms with van der Waals surface area (Å²) in [5.41, 5.74) is 0. The Morgan fingerprint density at radius 3 is 2.19 bits per heavy atom. The average molecular weight is 325 g/mol. The van der Waals surface area contributed by atoms with Gasteiger partial charge in [-0.25, -0.2) is 4.68 Å². The Labute approximate surface area is 124 Å². The van der Waals surface area contributed by atoms with E-state index in [2.05, 4.69) is 10.2 Å². The second-order valence-corrected chi connectivity index (χ2v) is 5.89. The van der Waals surface area contributed by atoms with Gasteiger partial charge in [-0.05, 0) is 27.7 Å². The summed E-state index contributed by atoms with van der Waals surface area (Å²) in [5, 5.41) is 6.21. The predicted molar refractivity (Wildman–Crippen MR) is 73.0 cm³/mol. The summed E-state index contributed by atoms with van der Waals surface area (Å²) >= 11 is 0.828. The number of nitrogen functional groups attached to an aromatic ring is 1. The van der Waals surface area contributed by atoms with Crippen LogP contribution in [0, 0.1) is 0 Å². The minimum atomic E-state index is -4.67. The van der Waals surface area contributed by atoms with Gasteiger partial charge in [-0.15, -0.1) is 10.2 Å². The number of aromatic nitrogens is 3. The topological polar surface area (TPSA) is 77.0 Å². The summed E-state index contributed by atoms with van der Waals surface area (Å²) in [4.78, 5) is 13.7. The van der Waals surface area contributed by atoms with Crippen molar-refractivity contribution in [2.24, 2.45) is 0 Å². The molecule has 0 atom stereocenters. The van der Waals surface area contributed by atoms with Gasteiger partial charge in [0.1, 0.15) is 0 Å². The molecule has 10 heteroatoms. The fourth-order valence-electron chi connectivity index (χ4n) is 1.94. The minimum Gasteiger partial charge on any atom is -0.337 e. The zero-order chi connectivity index (χ0) is 16.4. The SMILES string of the molecule is CC(C)N(C(=O)CSc1nnc(C(F)(F)F)n1N)C(C)C. The summed E-state index contributed by atoms with van der Waals surface area (Å²) < 4.78 is 37.9. The molecule has 1 heterocycles. The maximum Gasteiger partial charge on any atom is 0.453 e. The first-order chi connectivity index (χ1) is 9.55. The Kier molecular flexibility index (Phi) is 5.48. The summed E-state index contributed by atoms with van der Waals surface area (Å²) in [7, 11) is 0. The Morgan fingerprint density at radius 2 is 1.81 bits per heavy atom. The van der Waals surface area contributed by atoms with E-state index >= 15 is 0 Å². The number of carbonyl (C=O) groups excluding carboxylic acids is 1. The number of rotatable bonds is 5. The first-order valence-corrected chi connectivity index (χ1v) is 7.26. The molecule has 0 saturated heterocycles. The van der Waals surface area contributed by atoms with E-state index in [1.165, 1.54) is 0 Å². The number of amides is 1. The van der Waals surface area contributed by atoms with Crippen LogP contribution in [-0.4, -0.2) is 43.5 Å². The maximum absolute atomic E-state index is 12.5. The maximum atomic E-state index is 12.5. The van der Waals surface area contributed by atoms with E-state index in [0.29, 0.717) is 4.68 Å². The first kappa shape index (κ1) is 17.6. The van der Waals surface area contributed by atoms with Gasteiger partial charge in [0.2, 0.25) is 11.1 Å². The van der Waals surface area contributed by atoms with E-state index in [1.807, 2.05) is 27.7 Å². The molecule has 1 amide bonds. The van der Waals surface area contributed by atoms with Crippen LogP contribution in [0.25, 0.3) is 0 Å². The van der Waals surface area contributed by atoms with Gasteiger partial charge < -0.3 is 10.7 Å². The molecule has 0 aliphatic carbocycles. The van der Waals surface area contributed by atoms with E-state index in [9.17, 15) is 18.0 Å². The number of nitrogens with two attached hydrogens (primary N) is 1. The van der Waals surface area contributed by atoms with Crippen molar-refractivity contribution < 1.29 is 18.0 Å². The molecule has 0 bridgehead atoms. The van der Waals surface area contributed by atoms with Crippen molar-refractivity contribution in [2.45, 2.75) is 51.1 Å². The van der Waals surface area contributed by atoms with Gasteiger partial charge >= 0.3 is 6.18 Å². The molecular formula is C11H18F3N5OS. The van der Waals surface area contributed by atoms with Crippen molar-refractivity contribution in [1.29, 1.82) is 0 Å². The third-order valence-corrected chi connectivity index (χ3v) is 3.57. The molecule has 0 fully saturated rings. The Hall–Kier alpha value is -1.45. The highest BCUT2D eigenvalue weighted by Crippen LogP contribution is 2.29. The van der Waals surface area contributed by atoms with Gasteiger partial charge in [-0.2, -0.15) is 13.2 Å². The van der Waals surface area contributed by atoms with E-state index in [-0.39, 0.29) is 28.9 Å². The molecule has 1 aromatic rings. The Bertz CT molecular complexity index is 493. The molecule has 6 nitrogen and oxygen atoms in total. The number of alkyl halides is 3. The number of halogens is 3. The van der Waals surface area contributed by atoms with Crippen LogP contribution in [0.4, 0.5) is 13.2 Å². The van der Waals surface area contributed by atoms with Gasteiger partial charge in [0.15, 0.2) is 0 Å². The van der Waals surface area contributed by atoms with Crippen molar-refractivity contribution in [3.63, 3.8) is 0 Å². The first-order valence-electron chi connectivity index (χ1n) is 6.27. The van der Waals surface area contributed by atoms with Gasteiger partial charge in [0, 0.05) is 12.1 Å². The van der Waals surface area contributed by atoms with E-state index in [1.54, 1.807) is 4.90 Å². The monoisotopic (exact) mass is 325 g/mol. The second-order valence-electron chi connectivity index (χ2n) is 4.95. The summed E-state index contributed by atoms with van der Waals surface area (Å²) in [6.45, 7) is 7.48. The number of thioether (sulfide) groups is 1. The van der Waals surface area contributed by atoms with Crippen molar-refractivity contribution in [3.8, 4) is 0 Å². The zero-order valence-electron chi connectivity index (χ0n) is 12.2. The molecule has 0 aliphatic heterocycles. The molecule has 1 aromatic heterocycles. The fourth-order valence-corrected chi connectivity index (χ4v) is 2.67. The van der Waals surface area contributed by atoms with Crippen molar-refractivity contribution in [2.75, 3.05) is 11.6 Å². The highest BCUT2D eigenvalue weighted by Gasteiger charge is 2.38. The normalized spacial score (nSPS) is 12.2. The highest BCUT2D eigenvalue weighted by atomic mass is 32.2. The third-order valence-electron chi connectivity index (χ3n) is 2.64. The standard InChI is InChI=1S/C11H18F3N5OS/c1-6(2)18(7(3)4)8(20)5-21-10-17-16-9(19(10)15)11(12,13)14/h6-7H,5,15H2,1-4H3. The lowest BCUT2D eigenvalue weighted by Crippen LogP contribution is -2.43. The lowest BCUT2D eigenvalue weighted by atomic mass is 10.2. The average Bonchev–Trinajstić information content (AvgIpc) is 2.66. The molecule has 0 saturated carbocycles. The van der Waals surface area contributed by atoms with Gasteiger partial charge in [0.25, 0.3) is 5.82 Å². The van der Waals surface area contributed by atoms with Crippen LogP contribution >= 0.6 is 11.8 Å². The van der Waals surface area contributed by atoms with Gasteiger partial charge in [0.05, 0.1) is 5.75 Å². The van der Waals surface area contributed by atoms with Crippen molar-refractivity contribution in [3.05, 3.63) is 5.82 Å². The lowest BCUT2D eigenvalue weighted by molar-refractivity contribution is -0.146. The van der Waals surface area contributed by atoms with E-state index in [0.717, 1.165) is 11.8 Å². The smallest absolute Gasteiger partial charge is 0.337 e. The molecule has 120 valence electrons.